The van der Waals surface area contributed by atoms with E-state index in [1.165, 1.54) is 0 Å². The predicted molar refractivity (Wildman–Crippen MR) is 105 cm³/mol. The number of carbonyl (C=O) groups excluding carboxylic acids is 1. The average Bonchev–Trinajstić information content (AvgIpc) is 3.17. The number of nitrogens with zero attached hydrogens (tertiary/aromatic N) is 3. The van der Waals surface area contributed by atoms with Gasteiger partial charge in [-0.1, -0.05) is 12.1 Å². The van der Waals surface area contributed by atoms with Crippen LogP contribution in [-0.4, -0.2) is 64.6 Å². The molecule has 0 spiro atoms. The summed E-state index contributed by atoms with van der Waals surface area (Å²) in [6.07, 6.45) is 3.93. The molecule has 0 aliphatic carbocycles. The number of benzene rings is 1. The molecule has 1 amide bonds. The minimum Gasteiger partial charge on any atom is -0.508 e. The molecule has 0 saturated carbocycles. The zero-order chi connectivity index (χ0) is 19.3. The second-order valence-corrected chi connectivity index (χ2v) is 8.10. The molecule has 1 N–H and O–H groups in total. The molecule has 0 unspecified atom stereocenters. The monoisotopic (exact) mass is 379 g/mol. The summed E-state index contributed by atoms with van der Waals surface area (Å²) in [4.78, 5) is 22.2. The first kappa shape index (κ1) is 17.5. The van der Waals surface area contributed by atoms with E-state index in [0.29, 0.717) is 29.9 Å². The third-order valence-corrected chi connectivity index (χ3v) is 6.74. The van der Waals surface area contributed by atoms with Gasteiger partial charge >= 0.3 is 0 Å². The van der Waals surface area contributed by atoms with Gasteiger partial charge in [0.25, 0.3) is 5.91 Å². The summed E-state index contributed by atoms with van der Waals surface area (Å²) in [5.74, 6) is 1.55. The number of pyridine rings is 1. The van der Waals surface area contributed by atoms with Gasteiger partial charge in [-0.25, -0.2) is 4.98 Å². The molecule has 4 fully saturated rings. The lowest BCUT2D eigenvalue weighted by atomic mass is 9.75. The summed E-state index contributed by atoms with van der Waals surface area (Å²) in [5, 5.41) is 10.00. The average molecular weight is 379 g/mol. The molecule has 0 radical (unpaired) electrons. The Balaban J connectivity index is 1.52. The van der Waals surface area contributed by atoms with Gasteiger partial charge in [-0.2, -0.15) is 0 Å². The third kappa shape index (κ3) is 2.75. The van der Waals surface area contributed by atoms with Crippen molar-refractivity contribution in [3.8, 4) is 11.6 Å². The topological polar surface area (TPSA) is 65.9 Å². The van der Waals surface area contributed by atoms with Crippen LogP contribution >= 0.6 is 0 Å². The number of hydrogen-bond acceptors (Lipinski definition) is 5. The van der Waals surface area contributed by atoms with Crippen LogP contribution in [0.3, 0.4) is 0 Å². The van der Waals surface area contributed by atoms with Crippen LogP contribution in [-0.2, 0) is 0 Å². The Labute approximate surface area is 164 Å². The number of phenols is 1. The lowest BCUT2D eigenvalue weighted by Crippen LogP contribution is -2.60. The molecule has 6 heteroatoms. The van der Waals surface area contributed by atoms with Crippen molar-refractivity contribution < 1.29 is 14.6 Å². The first-order valence-corrected chi connectivity index (χ1v) is 9.99. The SMILES string of the molecule is COc1cc(C(=O)N2C[C@@H](c3cccc(O)c3)[C@@H]3[C@H]2C2CCN3CC2)ccn1. The van der Waals surface area contributed by atoms with Crippen molar-refractivity contribution in [1.29, 1.82) is 0 Å². The minimum atomic E-state index is 0.0482. The summed E-state index contributed by atoms with van der Waals surface area (Å²) >= 11 is 0. The molecule has 4 aliphatic heterocycles. The van der Waals surface area contributed by atoms with Gasteiger partial charge in [0.1, 0.15) is 5.75 Å². The Morgan fingerprint density at radius 1 is 1.18 bits per heavy atom. The maximum Gasteiger partial charge on any atom is 0.254 e. The Hall–Kier alpha value is -2.60. The number of amides is 1. The zero-order valence-electron chi connectivity index (χ0n) is 16.0. The quantitative estimate of drug-likeness (QED) is 0.888. The second-order valence-electron chi connectivity index (χ2n) is 8.10. The van der Waals surface area contributed by atoms with Crippen LogP contribution in [0, 0.1) is 5.92 Å². The second kappa shape index (κ2) is 6.78. The van der Waals surface area contributed by atoms with E-state index in [2.05, 4.69) is 20.9 Å². The molecule has 4 aliphatic rings. The summed E-state index contributed by atoms with van der Waals surface area (Å²) in [5.41, 5.74) is 1.74. The smallest absolute Gasteiger partial charge is 0.254 e. The molecule has 6 nitrogen and oxygen atoms in total. The predicted octanol–water partition coefficient (Wildman–Crippen LogP) is 2.50. The summed E-state index contributed by atoms with van der Waals surface area (Å²) in [7, 11) is 1.56. The number of fused-ring (bicyclic) bond motifs is 2. The minimum absolute atomic E-state index is 0.0482. The molecular formula is C22H25N3O3. The number of likely N-dealkylation sites (tertiary alicyclic amines) is 1. The van der Waals surface area contributed by atoms with Crippen LogP contribution in [0.25, 0.3) is 0 Å². The van der Waals surface area contributed by atoms with Crippen LogP contribution in [0.15, 0.2) is 42.6 Å². The fraction of sp³-hybridized carbons (Fsp3) is 0.455. The van der Waals surface area contributed by atoms with Crippen molar-refractivity contribution in [2.45, 2.75) is 30.8 Å². The van der Waals surface area contributed by atoms with Crippen molar-refractivity contribution in [3.05, 3.63) is 53.7 Å². The number of carbonyl (C=O) groups is 1. The number of aromatic hydroxyl groups is 1. The fourth-order valence-electron chi connectivity index (χ4n) is 5.52. The summed E-state index contributed by atoms with van der Waals surface area (Å²) in [6.45, 7) is 2.88. The Kier molecular flexibility index (Phi) is 4.23. The van der Waals surface area contributed by atoms with Crippen LogP contribution in [0.5, 0.6) is 11.6 Å². The Morgan fingerprint density at radius 2 is 2.00 bits per heavy atom. The van der Waals surface area contributed by atoms with Gasteiger partial charge in [-0.15, -0.1) is 0 Å². The normalized spacial score (nSPS) is 30.9. The van der Waals surface area contributed by atoms with Crippen molar-refractivity contribution in [3.63, 3.8) is 0 Å². The number of methoxy groups -OCH3 is 1. The lowest BCUT2D eigenvalue weighted by Gasteiger charge is -2.51. The highest BCUT2D eigenvalue weighted by atomic mass is 16.5. The molecule has 1 aromatic carbocycles. The van der Waals surface area contributed by atoms with Crippen LogP contribution < -0.4 is 4.74 Å². The summed E-state index contributed by atoms with van der Waals surface area (Å²) < 4.78 is 5.21. The van der Waals surface area contributed by atoms with E-state index in [1.54, 1.807) is 31.5 Å². The standard InChI is InChI=1S/C22H25N3O3/c1-28-19-12-16(5-8-23-19)22(27)25-13-18(15-3-2-4-17(26)11-15)21-20(25)14-6-9-24(21)10-7-14/h2-5,8,11-12,14,18,20-21,26H,6-7,9-10,13H2,1H3/t18-,20+,21+/m0/s1. The Morgan fingerprint density at radius 3 is 2.75 bits per heavy atom. The summed E-state index contributed by atoms with van der Waals surface area (Å²) in [6, 6.07) is 11.6. The molecular weight excluding hydrogens is 354 g/mol. The molecule has 4 saturated heterocycles. The molecule has 146 valence electrons. The van der Waals surface area contributed by atoms with Gasteiger partial charge in [0.15, 0.2) is 0 Å². The first-order valence-electron chi connectivity index (χ1n) is 9.99. The molecule has 2 bridgehead atoms. The van der Waals surface area contributed by atoms with E-state index in [0.717, 1.165) is 31.5 Å². The number of hydrogen-bond donors (Lipinski definition) is 1. The van der Waals surface area contributed by atoms with Crippen LogP contribution in [0.2, 0.25) is 0 Å². The van der Waals surface area contributed by atoms with Crippen molar-refractivity contribution in [2.24, 2.45) is 5.92 Å². The van der Waals surface area contributed by atoms with E-state index in [1.807, 2.05) is 12.1 Å². The van der Waals surface area contributed by atoms with Crippen molar-refractivity contribution >= 4 is 5.91 Å². The third-order valence-electron chi connectivity index (χ3n) is 6.74. The Bertz CT molecular complexity index is 894. The molecule has 28 heavy (non-hydrogen) atoms. The van der Waals surface area contributed by atoms with Gasteiger partial charge < -0.3 is 14.7 Å². The van der Waals surface area contributed by atoms with Gasteiger partial charge in [-0.3, -0.25) is 9.69 Å². The molecule has 1 aromatic heterocycles. The number of phenolic OH excluding ortho intramolecular Hbond substituents is 1. The lowest BCUT2D eigenvalue weighted by molar-refractivity contribution is -0.00342. The number of aromatic nitrogens is 1. The molecule has 6 rings (SSSR count). The molecule has 5 heterocycles. The van der Waals surface area contributed by atoms with E-state index >= 15 is 0 Å². The number of piperidine rings is 3. The van der Waals surface area contributed by atoms with Gasteiger partial charge in [0.05, 0.1) is 13.2 Å². The van der Waals surface area contributed by atoms with E-state index in [4.69, 9.17) is 4.74 Å². The van der Waals surface area contributed by atoms with E-state index in [9.17, 15) is 9.90 Å². The highest BCUT2D eigenvalue weighted by Gasteiger charge is 2.54. The van der Waals surface area contributed by atoms with Gasteiger partial charge in [0, 0.05) is 36.3 Å². The van der Waals surface area contributed by atoms with E-state index < -0.39 is 0 Å². The largest absolute Gasteiger partial charge is 0.508 e. The number of rotatable bonds is 3. The highest BCUT2D eigenvalue weighted by molar-refractivity contribution is 5.95. The molecule has 2 aromatic rings. The van der Waals surface area contributed by atoms with Crippen LogP contribution in [0.1, 0.15) is 34.7 Å². The number of ether oxygens (including phenoxy) is 1. The fourth-order valence-corrected chi connectivity index (χ4v) is 5.52. The first-order chi connectivity index (χ1) is 13.7. The zero-order valence-corrected chi connectivity index (χ0v) is 16.0. The van der Waals surface area contributed by atoms with Crippen molar-refractivity contribution in [2.75, 3.05) is 26.7 Å². The van der Waals surface area contributed by atoms with Gasteiger partial charge in [0.2, 0.25) is 5.88 Å². The maximum atomic E-state index is 13.5. The van der Waals surface area contributed by atoms with E-state index in [-0.39, 0.29) is 23.6 Å². The molecule has 3 atom stereocenters. The highest BCUT2D eigenvalue weighted by Crippen LogP contribution is 2.47. The van der Waals surface area contributed by atoms with Gasteiger partial charge in [-0.05, 0) is 55.6 Å². The van der Waals surface area contributed by atoms with Crippen molar-refractivity contribution in [1.82, 2.24) is 14.8 Å². The van der Waals surface area contributed by atoms with Crippen LogP contribution in [0.4, 0.5) is 0 Å². The maximum absolute atomic E-state index is 13.5.